The molecule has 7 nitrogen and oxygen atoms in total. The van der Waals surface area contributed by atoms with Gasteiger partial charge in [0, 0.05) is 31.1 Å². The number of nitriles is 1. The summed E-state index contributed by atoms with van der Waals surface area (Å²) in [4.78, 5) is 14.9. The zero-order valence-electron chi connectivity index (χ0n) is 21.2. The van der Waals surface area contributed by atoms with Gasteiger partial charge < -0.3 is 9.88 Å². The van der Waals surface area contributed by atoms with E-state index in [1.54, 1.807) is 23.9 Å². The number of halogens is 3. The molecular weight excluding hydrogens is 479 g/mol. The number of H-pyrrole nitrogens is 1. The monoisotopic (exact) mass is 507 g/mol. The van der Waals surface area contributed by atoms with Crippen LogP contribution in [-0.2, 0) is 18.6 Å². The van der Waals surface area contributed by atoms with Crippen molar-refractivity contribution in [1.29, 1.82) is 5.26 Å². The first kappa shape index (κ1) is 24.8. The van der Waals surface area contributed by atoms with Crippen molar-refractivity contribution in [2.75, 3.05) is 18.0 Å². The van der Waals surface area contributed by atoms with Crippen LogP contribution in [0.4, 0.5) is 19.0 Å². The summed E-state index contributed by atoms with van der Waals surface area (Å²) in [7, 11) is 1.76. The highest BCUT2D eigenvalue weighted by molar-refractivity contribution is 5.92. The molecule has 0 aliphatic carbocycles. The number of nitrogens with one attached hydrogen (secondary N) is 1. The Morgan fingerprint density at radius 2 is 1.73 bits per heavy atom. The number of pyridine rings is 1. The Bertz CT molecular complexity index is 1510. The predicted octanol–water partition coefficient (Wildman–Crippen LogP) is 6.20. The summed E-state index contributed by atoms with van der Waals surface area (Å²) in [5, 5.41) is 14.6. The smallest absolute Gasteiger partial charge is 0.355 e. The molecule has 1 N–H and O–H groups in total. The number of aryl methyl sites for hydroxylation is 1. The molecule has 37 heavy (non-hydrogen) atoms. The second kappa shape index (κ2) is 8.91. The van der Waals surface area contributed by atoms with E-state index in [1.165, 1.54) is 12.1 Å². The second-order valence-electron chi connectivity index (χ2n) is 10.5. The van der Waals surface area contributed by atoms with Gasteiger partial charge in [-0.3, -0.25) is 4.68 Å². The van der Waals surface area contributed by atoms with Crippen LogP contribution >= 0.6 is 0 Å². The van der Waals surface area contributed by atoms with Gasteiger partial charge in [0.25, 0.3) is 0 Å². The number of benzene rings is 1. The maximum Gasteiger partial charge on any atom is 0.417 e. The number of aromatic nitrogens is 5. The lowest BCUT2D eigenvalue weighted by Gasteiger charge is -2.28. The van der Waals surface area contributed by atoms with E-state index < -0.39 is 11.7 Å². The lowest BCUT2D eigenvalue weighted by molar-refractivity contribution is -0.137. The molecule has 1 fully saturated rings. The largest absolute Gasteiger partial charge is 0.417 e. The minimum Gasteiger partial charge on any atom is -0.355 e. The van der Waals surface area contributed by atoms with Crippen LogP contribution in [0, 0.1) is 11.3 Å². The average Bonchev–Trinajstić information content (AvgIpc) is 3.43. The van der Waals surface area contributed by atoms with Gasteiger partial charge in [0.05, 0.1) is 22.5 Å². The number of anilines is 1. The maximum atomic E-state index is 13.9. The van der Waals surface area contributed by atoms with E-state index in [0.29, 0.717) is 39.6 Å². The molecule has 0 atom stereocenters. The number of rotatable bonds is 3. The highest BCUT2D eigenvalue weighted by Gasteiger charge is 2.34. The summed E-state index contributed by atoms with van der Waals surface area (Å²) in [5.41, 5.74) is 1.86. The topological polar surface area (TPSA) is 86.4 Å². The van der Waals surface area contributed by atoms with Crippen molar-refractivity contribution in [2.24, 2.45) is 7.05 Å². The fourth-order valence-electron chi connectivity index (χ4n) is 4.95. The van der Waals surface area contributed by atoms with Gasteiger partial charge in [0.1, 0.15) is 22.8 Å². The minimum atomic E-state index is -4.52. The number of imidazole rings is 1. The predicted molar refractivity (Wildman–Crippen MR) is 136 cm³/mol. The lowest BCUT2D eigenvalue weighted by Crippen LogP contribution is -2.30. The molecule has 0 amide bonds. The molecule has 10 heteroatoms. The molecule has 0 bridgehead atoms. The molecule has 1 aromatic carbocycles. The number of hydrogen-bond donors (Lipinski definition) is 1. The fourth-order valence-corrected chi connectivity index (χ4v) is 4.95. The Morgan fingerprint density at radius 3 is 2.38 bits per heavy atom. The van der Waals surface area contributed by atoms with Crippen LogP contribution in [0.2, 0.25) is 0 Å². The molecule has 0 unspecified atom stereocenters. The first-order chi connectivity index (χ1) is 17.5. The van der Waals surface area contributed by atoms with E-state index in [0.717, 1.165) is 38.4 Å². The van der Waals surface area contributed by atoms with Crippen molar-refractivity contribution in [3.8, 4) is 28.8 Å². The van der Waals surface area contributed by atoms with Gasteiger partial charge in [-0.2, -0.15) is 23.5 Å². The van der Waals surface area contributed by atoms with Crippen LogP contribution < -0.4 is 4.90 Å². The van der Waals surface area contributed by atoms with E-state index in [4.69, 9.17) is 9.97 Å². The highest BCUT2D eigenvalue weighted by atomic mass is 19.4. The molecule has 0 saturated carbocycles. The summed E-state index contributed by atoms with van der Waals surface area (Å²) in [6.45, 7) is 7.46. The second-order valence-corrected chi connectivity index (χ2v) is 10.5. The Labute approximate surface area is 213 Å². The van der Waals surface area contributed by atoms with Crippen molar-refractivity contribution in [1.82, 2.24) is 24.7 Å². The van der Waals surface area contributed by atoms with Crippen LogP contribution in [0.5, 0.6) is 0 Å². The molecule has 3 aromatic heterocycles. The van der Waals surface area contributed by atoms with Gasteiger partial charge in [-0.05, 0) is 31.4 Å². The van der Waals surface area contributed by atoms with Gasteiger partial charge in [-0.25, -0.2) is 9.97 Å². The number of piperidine rings is 1. The van der Waals surface area contributed by atoms with E-state index in [1.807, 2.05) is 20.8 Å². The molecule has 4 heterocycles. The first-order valence-electron chi connectivity index (χ1n) is 12.3. The van der Waals surface area contributed by atoms with Crippen LogP contribution in [0.25, 0.3) is 33.8 Å². The number of hydrogen-bond acceptors (Lipinski definition) is 5. The Morgan fingerprint density at radius 1 is 1.03 bits per heavy atom. The van der Waals surface area contributed by atoms with E-state index in [9.17, 15) is 18.4 Å². The number of fused-ring (bicyclic) bond motifs is 1. The zero-order valence-corrected chi connectivity index (χ0v) is 21.2. The normalized spacial score (nSPS) is 14.8. The van der Waals surface area contributed by atoms with Crippen molar-refractivity contribution in [2.45, 2.75) is 51.6 Å². The third kappa shape index (κ3) is 4.43. The Hall–Kier alpha value is -3.87. The zero-order chi connectivity index (χ0) is 26.5. The molecule has 0 radical (unpaired) electrons. The van der Waals surface area contributed by atoms with Gasteiger partial charge in [-0.1, -0.05) is 39.0 Å². The molecule has 0 spiro atoms. The van der Waals surface area contributed by atoms with Crippen molar-refractivity contribution in [3.05, 3.63) is 47.2 Å². The van der Waals surface area contributed by atoms with Crippen molar-refractivity contribution >= 4 is 16.9 Å². The SMILES string of the molecule is Cn1nc(C(C)(C)C)c(C#N)c1-c1nc2c(N3CCCCC3)nc(-c3ccccc3C(F)(F)F)cc2[nH]1. The summed E-state index contributed by atoms with van der Waals surface area (Å²) in [6.07, 6.45) is -1.48. The van der Waals surface area contributed by atoms with Crippen molar-refractivity contribution < 1.29 is 13.2 Å². The fraction of sp³-hybridized carbons (Fsp3) is 0.407. The highest BCUT2D eigenvalue weighted by Crippen LogP contribution is 2.39. The third-order valence-corrected chi connectivity index (χ3v) is 6.71. The lowest BCUT2D eigenvalue weighted by atomic mass is 9.89. The summed E-state index contributed by atoms with van der Waals surface area (Å²) in [5.74, 6) is 0.974. The molecule has 5 rings (SSSR count). The minimum absolute atomic E-state index is 0.0135. The van der Waals surface area contributed by atoms with Gasteiger partial charge in [0.15, 0.2) is 11.6 Å². The first-order valence-corrected chi connectivity index (χ1v) is 12.3. The van der Waals surface area contributed by atoms with Gasteiger partial charge in [-0.15, -0.1) is 0 Å². The summed E-state index contributed by atoms with van der Waals surface area (Å²) < 4.78 is 43.2. The van der Waals surface area contributed by atoms with Crippen LogP contribution in [0.3, 0.4) is 0 Å². The quantitative estimate of drug-likeness (QED) is 0.357. The maximum absolute atomic E-state index is 13.9. The third-order valence-electron chi connectivity index (χ3n) is 6.71. The summed E-state index contributed by atoms with van der Waals surface area (Å²) in [6, 6.07) is 9.36. The standard InChI is InChI=1S/C27H28F3N7/c1-26(2,3)23-17(15-31)22(36(4)35-23)24-32-20-14-19(16-10-6-7-11-18(16)27(28,29)30)33-25(21(20)34-24)37-12-8-5-9-13-37/h6-7,10-11,14H,5,8-9,12-13H2,1-4H3,(H,32,34). The van der Waals surface area contributed by atoms with E-state index in [2.05, 4.69) is 21.1 Å². The van der Waals surface area contributed by atoms with Crippen LogP contribution in [-0.4, -0.2) is 37.8 Å². The number of alkyl halides is 3. The molecule has 1 aliphatic heterocycles. The molecule has 4 aromatic rings. The van der Waals surface area contributed by atoms with Crippen molar-refractivity contribution in [3.63, 3.8) is 0 Å². The molecule has 192 valence electrons. The van der Waals surface area contributed by atoms with E-state index in [-0.39, 0.29) is 16.7 Å². The Balaban J connectivity index is 1.76. The van der Waals surface area contributed by atoms with E-state index >= 15 is 0 Å². The molecule has 1 saturated heterocycles. The Kier molecular flexibility index (Phi) is 5.97. The number of aromatic amines is 1. The van der Waals surface area contributed by atoms with Crippen LogP contribution in [0.1, 0.15) is 56.9 Å². The van der Waals surface area contributed by atoms with Gasteiger partial charge >= 0.3 is 6.18 Å². The molecular formula is C27H28F3N7. The number of nitrogens with zero attached hydrogens (tertiary/aromatic N) is 6. The summed E-state index contributed by atoms with van der Waals surface area (Å²) >= 11 is 0. The van der Waals surface area contributed by atoms with Crippen LogP contribution in [0.15, 0.2) is 30.3 Å². The molecule has 1 aliphatic rings. The average molecular weight is 508 g/mol. The van der Waals surface area contributed by atoms with Gasteiger partial charge in [0.2, 0.25) is 0 Å².